The van der Waals surface area contributed by atoms with Crippen molar-refractivity contribution in [1.82, 2.24) is 19.5 Å². The predicted molar refractivity (Wildman–Crippen MR) is 130 cm³/mol. The molecule has 0 atom stereocenters. The first kappa shape index (κ1) is 23.6. The van der Waals surface area contributed by atoms with E-state index >= 15 is 0 Å². The van der Waals surface area contributed by atoms with Crippen LogP contribution < -0.4 is 10.3 Å². The van der Waals surface area contributed by atoms with Gasteiger partial charge in [-0.15, -0.1) is 0 Å². The Morgan fingerprint density at radius 1 is 1.06 bits per heavy atom. The molecule has 34 heavy (non-hydrogen) atoms. The maximum Gasteiger partial charge on any atom is 0.261 e. The topological polar surface area (TPSA) is 69.9 Å². The number of benzene rings is 1. The van der Waals surface area contributed by atoms with Crippen molar-refractivity contribution in [2.75, 3.05) is 0 Å². The number of hydrogen-bond acceptors (Lipinski definition) is 5. The summed E-state index contributed by atoms with van der Waals surface area (Å²) in [5.74, 6) is 1.03. The minimum absolute atomic E-state index is 0.168. The molecule has 0 unspecified atom stereocenters. The number of hydrogen-bond donors (Lipinski definition) is 0. The van der Waals surface area contributed by atoms with Crippen LogP contribution in [0.3, 0.4) is 0 Å². The zero-order valence-electron chi connectivity index (χ0n) is 19.3. The molecule has 3 heterocycles. The monoisotopic (exact) mass is 478 g/mol. The van der Waals surface area contributed by atoms with Crippen molar-refractivity contribution < 1.29 is 9.13 Å². The van der Waals surface area contributed by atoms with Crippen molar-refractivity contribution >= 4 is 11.6 Å². The second-order valence-electron chi connectivity index (χ2n) is 8.31. The van der Waals surface area contributed by atoms with Crippen LogP contribution in [0.4, 0.5) is 4.39 Å². The summed E-state index contributed by atoms with van der Waals surface area (Å²) >= 11 is 6.47. The summed E-state index contributed by atoms with van der Waals surface area (Å²) in [6, 6.07) is 11.4. The highest BCUT2D eigenvalue weighted by Crippen LogP contribution is 2.27. The van der Waals surface area contributed by atoms with Crippen molar-refractivity contribution in [3.05, 3.63) is 98.7 Å². The van der Waals surface area contributed by atoms with Gasteiger partial charge in [-0.1, -0.05) is 37.6 Å². The van der Waals surface area contributed by atoms with Gasteiger partial charge >= 0.3 is 0 Å². The van der Waals surface area contributed by atoms with Crippen LogP contribution in [0.2, 0.25) is 5.02 Å². The van der Waals surface area contributed by atoms with Crippen molar-refractivity contribution in [3.63, 3.8) is 0 Å². The molecule has 0 fully saturated rings. The van der Waals surface area contributed by atoms with E-state index in [1.807, 2.05) is 20.8 Å². The minimum atomic E-state index is -0.311. The van der Waals surface area contributed by atoms with Gasteiger partial charge in [0, 0.05) is 30.1 Å². The first-order chi connectivity index (χ1) is 16.2. The second kappa shape index (κ2) is 9.73. The van der Waals surface area contributed by atoms with Crippen molar-refractivity contribution in [3.8, 4) is 22.8 Å². The molecule has 0 N–H and O–H groups in total. The van der Waals surface area contributed by atoms with Crippen molar-refractivity contribution in [2.24, 2.45) is 0 Å². The lowest BCUT2D eigenvalue weighted by Crippen LogP contribution is -2.24. The lowest BCUT2D eigenvalue weighted by molar-refractivity contribution is 0.302. The molecule has 8 heteroatoms. The first-order valence-corrected chi connectivity index (χ1v) is 11.2. The van der Waals surface area contributed by atoms with Gasteiger partial charge in [0.2, 0.25) is 0 Å². The maximum atomic E-state index is 13.3. The van der Waals surface area contributed by atoms with Gasteiger partial charge in [-0.25, -0.2) is 14.4 Å². The highest BCUT2D eigenvalue weighted by atomic mass is 35.5. The molecule has 4 aromatic rings. The smallest absolute Gasteiger partial charge is 0.261 e. The van der Waals surface area contributed by atoms with Gasteiger partial charge in [0.25, 0.3) is 5.56 Å². The highest BCUT2D eigenvalue weighted by molar-refractivity contribution is 6.32. The minimum Gasteiger partial charge on any atom is -0.488 e. The second-order valence-corrected chi connectivity index (χ2v) is 8.71. The van der Waals surface area contributed by atoms with E-state index in [4.69, 9.17) is 16.3 Å². The molecule has 6 nitrogen and oxygen atoms in total. The Hall–Kier alpha value is -3.58. The fourth-order valence-electron chi connectivity index (χ4n) is 3.52. The van der Waals surface area contributed by atoms with Gasteiger partial charge in [0.15, 0.2) is 0 Å². The van der Waals surface area contributed by atoms with E-state index in [0.29, 0.717) is 44.9 Å². The summed E-state index contributed by atoms with van der Waals surface area (Å²) in [5.41, 5.74) is 3.38. The largest absolute Gasteiger partial charge is 0.488 e. The third-order valence-electron chi connectivity index (χ3n) is 5.42. The standard InChI is InChI=1S/C26H24ClFN4O2/c1-15(2)25-29-10-9-21(31-25)22-12-23(20(27)13-30-22)32-16(3)11-24(17(4)26(32)33)34-14-18-5-7-19(28)8-6-18/h5-13,15H,14H2,1-4H3. The van der Waals surface area contributed by atoms with Crippen molar-refractivity contribution in [2.45, 2.75) is 40.2 Å². The van der Waals surface area contributed by atoms with E-state index in [1.54, 1.807) is 43.5 Å². The average Bonchev–Trinajstić information content (AvgIpc) is 2.82. The van der Waals surface area contributed by atoms with Gasteiger partial charge in [-0.05, 0) is 43.7 Å². The fraction of sp³-hybridized carbons (Fsp3) is 0.231. The average molecular weight is 479 g/mol. The molecule has 174 valence electrons. The number of nitrogens with zero attached hydrogens (tertiary/aromatic N) is 4. The number of pyridine rings is 2. The van der Waals surface area contributed by atoms with Crippen molar-refractivity contribution in [1.29, 1.82) is 0 Å². The number of rotatable bonds is 6. The molecule has 0 radical (unpaired) electrons. The molecule has 0 bridgehead atoms. The Morgan fingerprint density at radius 2 is 1.79 bits per heavy atom. The summed E-state index contributed by atoms with van der Waals surface area (Å²) in [4.78, 5) is 26.7. The summed E-state index contributed by atoms with van der Waals surface area (Å²) < 4.78 is 20.6. The molecule has 0 spiro atoms. The Bertz CT molecular complexity index is 1400. The first-order valence-electron chi connectivity index (χ1n) is 10.8. The van der Waals surface area contributed by atoms with E-state index in [1.165, 1.54) is 22.9 Å². The molecule has 0 amide bonds. The van der Waals surface area contributed by atoms with E-state index < -0.39 is 0 Å². The Labute approximate surface area is 202 Å². The Morgan fingerprint density at radius 3 is 2.50 bits per heavy atom. The SMILES string of the molecule is Cc1c(OCc2ccc(F)cc2)cc(C)n(-c2cc(-c3ccnc(C(C)C)n3)ncc2Cl)c1=O. The Kier molecular flexibility index (Phi) is 6.75. The molecule has 4 rings (SSSR count). The van der Waals surface area contributed by atoms with Gasteiger partial charge in [-0.2, -0.15) is 0 Å². The third kappa shape index (κ3) is 4.84. The maximum absolute atomic E-state index is 13.3. The summed E-state index contributed by atoms with van der Waals surface area (Å²) in [5, 5.41) is 0.339. The van der Waals surface area contributed by atoms with Gasteiger partial charge in [0.05, 0.1) is 27.7 Å². The van der Waals surface area contributed by atoms with Crippen LogP contribution in [-0.2, 0) is 6.61 Å². The molecular formula is C26H24ClFN4O2. The summed E-state index contributed by atoms with van der Waals surface area (Å²) in [7, 11) is 0. The molecule has 0 aliphatic heterocycles. The van der Waals surface area contributed by atoms with Crippen LogP contribution in [0.25, 0.3) is 17.1 Å². The van der Waals surface area contributed by atoms with Crippen LogP contribution in [0, 0.1) is 19.7 Å². The predicted octanol–water partition coefficient (Wildman–Crippen LogP) is 5.80. The molecule has 0 aliphatic rings. The number of halogens is 2. The lowest BCUT2D eigenvalue weighted by atomic mass is 10.1. The van der Waals surface area contributed by atoms with E-state index in [0.717, 1.165) is 5.56 Å². The van der Waals surface area contributed by atoms with Crippen LogP contribution in [-0.4, -0.2) is 19.5 Å². The normalized spacial score (nSPS) is 11.1. The lowest BCUT2D eigenvalue weighted by Gasteiger charge is -2.17. The fourth-order valence-corrected chi connectivity index (χ4v) is 3.71. The number of aromatic nitrogens is 4. The number of ether oxygens (including phenoxy) is 1. The molecular weight excluding hydrogens is 455 g/mol. The zero-order chi connectivity index (χ0) is 24.4. The van der Waals surface area contributed by atoms with E-state index in [-0.39, 0.29) is 23.9 Å². The van der Waals surface area contributed by atoms with Gasteiger partial charge < -0.3 is 4.74 Å². The van der Waals surface area contributed by atoms with Crippen LogP contribution >= 0.6 is 11.6 Å². The van der Waals surface area contributed by atoms with E-state index in [2.05, 4.69) is 15.0 Å². The van der Waals surface area contributed by atoms with E-state index in [9.17, 15) is 9.18 Å². The summed E-state index contributed by atoms with van der Waals surface area (Å²) in [6.07, 6.45) is 3.21. The van der Waals surface area contributed by atoms with Gasteiger partial charge in [-0.3, -0.25) is 14.3 Å². The molecule has 1 aromatic carbocycles. The third-order valence-corrected chi connectivity index (χ3v) is 5.71. The number of aryl methyl sites for hydroxylation is 1. The van der Waals surface area contributed by atoms with Crippen LogP contribution in [0.5, 0.6) is 5.75 Å². The Balaban J connectivity index is 1.71. The molecule has 0 saturated heterocycles. The van der Waals surface area contributed by atoms with Gasteiger partial charge in [0.1, 0.15) is 24.0 Å². The molecule has 3 aromatic heterocycles. The quantitative estimate of drug-likeness (QED) is 0.350. The summed E-state index contributed by atoms with van der Waals surface area (Å²) in [6.45, 7) is 7.77. The van der Waals surface area contributed by atoms with Crippen LogP contribution in [0.1, 0.15) is 42.4 Å². The zero-order valence-corrected chi connectivity index (χ0v) is 20.1. The van der Waals surface area contributed by atoms with Crippen LogP contribution in [0.15, 0.2) is 59.7 Å². The molecule has 0 aliphatic carbocycles. The highest BCUT2D eigenvalue weighted by Gasteiger charge is 2.17. The molecule has 0 saturated carbocycles.